The average Bonchev–Trinajstić information content (AvgIpc) is 2.61. The lowest BCUT2D eigenvalue weighted by atomic mass is 10.0. The van der Waals surface area contributed by atoms with E-state index in [0.29, 0.717) is 6.42 Å². The van der Waals surface area contributed by atoms with Crippen LogP contribution in [0.3, 0.4) is 0 Å². The van der Waals surface area contributed by atoms with Crippen LogP contribution in [0.1, 0.15) is 30.5 Å². The first-order valence-corrected chi connectivity index (χ1v) is 10.2. The molecule has 140 valence electrons. The fourth-order valence-corrected chi connectivity index (χ4v) is 3.34. The summed E-state index contributed by atoms with van der Waals surface area (Å²) in [7, 11) is -3.68. The molecule has 0 spiro atoms. The number of rotatable bonds is 8. The fourth-order valence-electron chi connectivity index (χ4n) is 2.61. The van der Waals surface area contributed by atoms with Gasteiger partial charge < -0.3 is 5.32 Å². The van der Waals surface area contributed by atoms with Gasteiger partial charge in [0.2, 0.25) is 15.9 Å². The second-order valence-corrected chi connectivity index (χ2v) is 8.04. The Labute approximate surface area is 153 Å². The molecule has 0 aliphatic heterocycles. The Morgan fingerprint density at radius 1 is 1.12 bits per heavy atom. The van der Waals surface area contributed by atoms with E-state index in [-0.39, 0.29) is 24.7 Å². The summed E-state index contributed by atoms with van der Waals surface area (Å²) >= 11 is 0. The topological polar surface area (TPSA) is 66.5 Å². The van der Waals surface area contributed by atoms with E-state index >= 15 is 0 Å². The molecule has 0 bridgehead atoms. The van der Waals surface area contributed by atoms with E-state index in [2.05, 4.69) is 5.32 Å². The van der Waals surface area contributed by atoms with Crippen molar-refractivity contribution in [2.24, 2.45) is 0 Å². The molecule has 7 heteroatoms. The minimum absolute atomic E-state index is 0.193. The predicted octanol–water partition coefficient (Wildman–Crippen LogP) is 2.85. The van der Waals surface area contributed by atoms with Gasteiger partial charge in [0, 0.05) is 12.1 Å². The zero-order valence-corrected chi connectivity index (χ0v) is 15.7. The van der Waals surface area contributed by atoms with Crippen LogP contribution in [-0.2, 0) is 21.4 Å². The molecule has 0 heterocycles. The van der Waals surface area contributed by atoms with Gasteiger partial charge in [-0.25, -0.2) is 12.8 Å². The molecule has 2 aromatic rings. The molecule has 1 atom stereocenters. The SMILES string of the molecule is CCC(NC(=O)CN(Cc1ccccc1F)S(C)(=O)=O)c1ccccc1. The Hall–Kier alpha value is -2.25. The Bertz CT molecular complexity index is 841. The maximum atomic E-state index is 13.8. The van der Waals surface area contributed by atoms with Crippen LogP contribution in [0.2, 0.25) is 0 Å². The quantitative estimate of drug-likeness (QED) is 0.768. The summed E-state index contributed by atoms with van der Waals surface area (Å²) in [6, 6.07) is 15.2. The number of sulfonamides is 1. The van der Waals surface area contributed by atoms with Crippen LogP contribution in [0, 0.1) is 5.82 Å². The molecule has 5 nitrogen and oxygen atoms in total. The normalized spacial score (nSPS) is 12.8. The summed E-state index contributed by atoms with van der Waals surface area (Å²) in [4.78, 5) is 12.4. The highest BCUT2D eigenvalue weighted by molar-refractivity contribution is 7.88. The van der Waals surface area contributed by atoms with Gasteiger partial charge in [0.1, 0.15) is 5.82 Å². The lowest BCUT2D eigenvalue weighted by Crippen LogP contribution is -2.41. The lowest BCUT2D eigenvalue weighted by molar-refractivity contribution is -0.122. The second kappa shape index (κ2) is 8.91. The number of carbonyl (C=O) groups is 1. The van der Waals surface area contributed by atoms with Crippen molar-refractivity contribution >= 4 is 15.9 Å². The third kappa shape index (κ3) is 5.64. The van der Waals surface area contributed by atoms with Crippen molar-refractivity contribution in [2.45, 2.75) is 25.9 Å². The maximum Gasteiger partial charge on any atom is 0.235 e. The minimum atomic E-state index is -3.68. The van der Waals surface area contributed by atoms with Gasteiger partial charge in [-0.05, 0) is 18.1 Å². The Kier molecular flexibility index (Phi) is 6.88. The first kappa shape index (κ1) is 20.1. The van der Waals surface area contributed by atoms with Crippen LogP contribution in [0.25, 0.3) is 0 Å². The highest BCUT2D eigenvalue weighted by Crippen LogP contribution is 2.16. The molecule has 2 aromatic carbocycles. The van der Waals surface area contributed by atoms with E-state index < -0.39 is 21.7 Å². The molecule has 0 radical (unpaired) electrons. The molecule has 2 rings (SSSR count). The number of benzene rings is 2. The van der Waals surface area contributed by atoms with Crippen LogP contribution >= 0.6 is 0 Å². The van der Waals surface area contributed by atoms with Gasteiger partial charge >= 0.3 is 0 Å². The molecular formula is C19H23FN2O3S. The number of nitrogens with zero attached hydrogens (tertiary/aromatic N) is 1. The van der Waals surface area contributed by atoms with Crippen LogP contribution in [0.5, 0.6) is 0 Å². The molecule has 0 aromatic heterocycles. The van der Waals surface area contributed by atoms with Crippen LogP contribution in [0.4, 0.5) is 4.39 Å². The molecule has 1 amide bonds. The summed E-state index contributed by atoms with van der Waals surface area (Å²) < 4.78 is 38.9. The molecule has 0 saturated carbocycles. The average molecular weight is 378 g/mol. The summed E-state index contributed by atoms with van der Waals surface area (Å²) in [6.45, 7) is 1.38. The van der Waals surface area contributed by atoms with E-state index in [0.717, 1.165) is 16.1 Å². The highest BCUT2D eigenvalue weighted by atomic mass is 32.2. The van der Waals surface area contributed by atoms with Gasteiger partial charge in [-0.3, -0.25) is 4.79 Å². The van der Waals surface area contributed by atoms with E-state index in [1.165, 1.54) is 18.2 Å². The number of amides is 1. The van der Waals surface area contributed by atoms with E-state index in [9.17, 15) is 17.6 Å². The first-order valence-electron chi connectivity index (χ1n) is 8.34. The van der Waals surface area contributed by atoms with Crippen molar-refractivity contribution in [2.75, 3.05) is 12.8 Å². The monoisotopic (exact) mass is 378 g/mol. The maximum absolute atomic E-state index is 13.8. The fraction of sp³-hybridized carbons (Fsp3) is 0.316. The van der Waals surface area contributed by atoms with Crippen molar-refractivity contribution in [3.63, 3.8) is 0 Å². The smallest absolute Gasteiger partial charge is 0.235 e. The standard InChI is InChI=1S/C19H23FN2O3S/c1-3-18(15-9-5-4-6-10-15)21-19(23)14-22(26(2,24)25)13-16-11-7-8-12-17(16)20/h4-12,18H,3,13-14H2,1-2H3,(H,21,23). The highest BCUT2D eigenvalue weighted by Gasteiger charge is 2.23. The Morgan fingerprint density at radius 2 is 1.73 bits per heavy atom. The summed E-state index contributed by atoms with van der Waals surface area (Å²) in [5.74, 6) is -0.931. The van der Waals surface area contributed by atoms with Gasteiger partial charge in [0.15, 0.2) is 0 Å². The van der Waals surface area contributed by atoms with Crippen LogP contribution in [0.15, 0.2) is 54.6 Å². The first-order chi connectivity index (χ1) is 12.3. The number of halogens is 1. The van der Waals surface area contributed by atoms with Gasteiger partial charge in [-0.2, -0.15) is 4.31 Å². The third-order valence-electron chi connectivity index (χ3n) is 4.04. The van der Waals surface area contributed by atoms with Crippen LogP contribution < -0.4 is 5.32 Å². The molecular weight excluding hydrogens is 355 g/mol. The number of carbonyl (C=O) groups excluding carboxylic acids is 1. The number of hydrogen-bond donors (Lipinski definition) is 1. The molecule has 1 N–H and O–H groups in total. The Morgan fingerprint density at radius 3 is 2.31 bits per heavy atom. The summed E-state index contributed by atoms with van der Waals surface area (Å²) in [5, 5.41) is 2.85. The summed E-state index contributed by atoms with van der Waals surface area (Å²) in [6.07, 6.45) is 1.68. The van der Waals surface area contributed by atoms with Gasteiger partial charge in [0.25, 0.3) is 0 Å². The molecule has 0 aliphatic carbocycles. The number of nitrogens with one attached hydrogen (secondary N) is 1. The molecule has 0 aliphatic rings. The van der Waals surface area contributed by atoms with E-state index in [1.54, 1.807) is 6.07 Å². The van der Waals surface area contributed by atoms with E-state index in [1.807, 2.05) is 37.3 Å². The zero-order chi connectivity index (χ0) is 19.2. The molecule has 0 fully saturated rings. The zero-order valence-electron chi connectivity index (χ0n) is 14.9. The molecule has 1 unspecified atom stereocenters. The predicted molar refractivity (Wildman–Crippen MR) is 99.3 cm³/mol. The summed E-state index contributed by atoms with van der Waals surface area (Å²) in [5.41, 5.74) is 1.17. The lowest BCUT2D eigenvalue weighted by Gasteiger charge is -2.22. The van der Waals surface area contributed by atoms with Crippen molar-refractivity contribution in [1.29, 1.82) is 0 Å². The van der Waals surface area contributed by atoms with Crippen LogP contribution in [-0.4, -0.2) is 31.4 Å². The second-order valence-electron chi connectivity index (χ2n) is 6.06. The number of hydrogen-bond acceptors (Lipinski definition) is 3. The minimum Gasteiger partial charge on any atom is -0.348 e. The van der Waals surface area contributed by atoms with Gasteiger partial charge in [-0.15, -0.1) is 0 Å². The van der Waals surface area contributed by atoms with Gasteiger partial charge in [0.05, 0.1) is 18.8 Å². The Balaban J connectivity index is 2.10. The van der Waals surface area contributed by atoms with Crippen molar-refractivity contribution in [1.82, 2.24) is 9.62 Å². The van der Waals surface area contributed by atoms with Crippen molar-refractivity contribution in [3.05, 3.63) is 71.5 Å². The van der Waals surface area contributed by atoms with Crippen molar-refractivity contribution in [3.8, 4) is 0 Å². The van der Waals surface area contributed by atoms with E-state index in [4.69, 9.17) is 0 Å². The van der Waals surface area contributed by atoms with Crippen molar-refractivity contribution < 1.29 is 17.6 Å². The largest absolute Gasteiger partial charge is 0.348 e. The molecule has 0 saturated heterocycles. The third-order valence-corrected chi connectivity index (χ3v) is 5.24. The molecule has 26 heavy (non-hydrogen) atoms. The van der Waals surface area contributed by atoms with Gasteiger partial charge in [-0.1, -0.05) is 55.5 Å².